The SMILES string of the molecule is CN(c1[c]cccc1)c1ccccc1O. The van der Waals surface area contributed by atoms with E-state index in [-0.39, 0.29) is 5.75 Å². The summed E-state index contributed by atoms with van der Waals surface area (Å²) in [5.41, 5.74) is 1.71. The average molecular weight is 198 g/mol. The summed E-state index contributed by atoms with van der Waals surface area (Å²) >= 11 is 0. The van der Waals surface area contributed by atoms with Gasteiger partial charge in [0.15, 0.2) is 0 Å². The summed E-state index contributed by atoms with van der Waals surface area (Å²) in [6.45, 7) is 0. The van der Waals surface area contributed by atoms with E-state index in [1.165, 1.54) is 0 Å². The van der Waals surface area contributed by atoms with E-state index >= 15 is 0 Å². The molecule has 2 aromatic rings. The molecule has 2 heteroatoms. The molecule has 0 heterocycles. The van der Waals surface area contributed by atoms with Crippen molar-refractivity contribution in [2.24, 2.45) is 0 Å². The Labute approximate surface area is 89.4 Å². The highest BCUT2D eigenvalue weighted by Crippen LogP contribution is 2.30. The average Bonchev–Trinajstić information content (AvgIpc) is 2.30. The summed E-state index contributed by atoms with van der Waals surface area (Å²) in [5, 5.41) is 9.69. The molecule has 0 aromatic heterocycles. The van der Waals surface area contributed by atoms with Crippen LogP contribution in [0.4, 0.5) is 11.4 Å². The maximum Gasteiger partial charge on any atom is 0.139 e. The van der Waals surface area contributed by atoms with Crippen LogP contribution < -0.4 is 4.90 Å². The first-order chi connectivity index (χ1) is 7.29. The van der Waals surface area contributed by atoms with E-state index in [0.717, 1.165) is 11.4 Å². The predicted molar refractivity (Wildman–Crippen MR) is 61.4 cm³/mol. The van der Waals surface area contributed by atoms with Gasteiger partial charge >= 0.3 is 0 Å². The van der Waals surface area contributed by atoms with E-state index in [9.17, 15) is 5.11 Å². The van der Waals surface area contributed by atoms with Crippen LogP contribution >= 0.6 is 0 Å². The van der Waals surface area contributed by atoms with Crippen molar-refractivity contribution in [3.8, 4) is 5.75 Å². The van der Waals surface area contributed by atoms with Crippen LogP contribution in [-0.4, -0.2) is 12.2 Å². The Kier molecular flexibility index (Phi) is 2.59. The fourth-order valence-electron chi connectivity index (χ4n) is 1.47. The van der Waals surface area contributed by atoms with Crippen molar-refractivity contribution in [1.82, 2.24) is 0 Å². The minimum Gasteiger partial charge on any atom is -0.506 e. The van der Waals surface area contributed by atoms with Crippen LogP contribution in [0.3, 0.4) is 0 Å². The fourth-order valence-corrected chi connectivity index (χ4v) is 1.47. The number of anilines is 2. The van der Waals surface area contributed by atoms with E-state index in [2.05, 4.69) is 6.07 Å². The van der Waals surface area contributed by atoms with Crippen molar-refractivity contribution in [1.29, 1.82) is 0 Å². The van der Waals surface area contributed by atoms with Crippen molar-refractivity contribution in [2.75, 3.05) is 11.9 Å². The number of nitrogens with zero attached hydrogens (tertiary/aromatic N) is 1. The van der Waals surface area contributed by atoms with Crippen LogP contribution in [0, 0.1) is 6.07 Å². The van der Waals surface area contributed by atoms with Crippen molar-refractivity contribution in [2.45, 2.75) is 0 Å². The second kappa shape index (κ2) is 4.05. The molecule has 0 amide bonds. The molecule has 0 aliphatic heterocycles. The molecule has 0 spiro atoms. The van der Waals surface area contributed by atoms with E-state index in [4.69, 9.17) is 0 Å². The van der Waals surface area contributed by atoms with Gasteiger partial charge in [0.05, 0.1) is 5.69 Å². The first-order valence-electron chi connectivity index (χ1n) is 4.77. The predicted octanol–water partition coefficient (Wildman–Crippen LogP) is 2.96. The molecule has 0 saturated heterocycles. The van der Waals surface area contributed by atoms with Crippen molar-refractivity contribution >= 4 is 11.4 Å². The highest BCUT2D eigenvalue weighted by molar-refractivity contribution is 5.67. The zero-order valence-corrected chi connectivity index (χ0v) is 8.51. The van der Waals surface area contributed by atoms with Crippen LogP contribution in [0.25, 0.3) is 0 Å². The normalized spacial score (nSPS) is 9.93. The van der Waals surface area contributed by atoms with Gasteiger partial charge in [0, 0.05) is 18.8 Å². The molecule has 75 valence electrons. The Morgan fingerprint density at radius 1 is 1.07 bits per heavy atom. The zero-order chi connectivity index (χ0) is 10.7. The molecule has 2 nitrogen and oxygen atoms in total. The van der Waals surface area contributed by atoms with Gasteiger partial charge in [0.2, 0.25) is 0 Å². The standard InChI is InChI=1S/C13H12NO/c1-14(11-7-3-2-4-8-11)12-9-5-6-10-13(12)15/h2-7,9-10,15H,1H3. The lowest BCUT2D eigenvalue weighted by Gasteiger charge is -2.19. The van der Waals surface area contributed by atoms with Crippen LogP contribution in [0.2, 0.25) is 0 Å². The molecule has 0 atom stereocenters. The number of rotatable bonds is 2. The summed E-state index contributed by atoms with van der Waals surface area (Å²) in [5.74, 6) is 0.275. The number of hydrogen-bond acceptors (Lipinski definition) is 2. The summed E-state index contributed by atoms with van der Waals surface area (Å²) < 4.78 is 0. The number of aromatic hydroxyl groups is 1. The van der Waals surface area contributed by atoms with E-state index < -0.39 is 0 Å². The summed E-state index contributed by atoms with van der Waals surface area (Å²) in [6, 6.07) is 18.0. The summed E-state index contributed by atoms with van der Waals surface area (Å²) in [4.78, 5) is 1.90. The molecular formula is C13H12NO. The topological polar surface area (TPSA) is 23.5 Å². The third-order valence-electron chi connectivity index (χ3n) is 2.30. The lowest BCUT2D eigenvalue weighted by atomic mass is 10.2. The molecule has 1 N–H and O–H groups in total. The maximum absolute atomic E-state index is 9.69. The van der Waals surface area contributed by atoms with Gasteiger partial charge in [-0.1, -0.05) is 30.3 Å². The molecule has 1 radical (unpaired) electrons. The van der Waals surface area contributed by atoms with Gasteiger partial charge < -0.3 is 10.0 Å². The quantitative estimate of drug-likeness (QED) is 0.801. The smallest absolute Gasteiger partial charge is 0.139 e. The van der Waals surface area contributed by atoms with E-state index in [1.54, 1.807) is 12.1 Å². The Bertz CT molecular complexity index is 439. The van der Waals surface area contributed by atoms with E-state index in [0.29, 0.717) is 0 Å². The second-order valence-corrected chi connectivity index (χ2v) is 3.30. The fraction of sp³-hybridized carbons (Fsp3) is 0.0769. The van der Waals surface area contributed by atoms with Gasteiger partial charge in [-0.2, -0.15) is 0 Å². The minimum absolute atomic E-state index is 0.275. The van der Waals surface area contributed by atoms with Crippen molar-refractivity contribution in [3.63, 3.8) is 0 Å². The molecule has 0 bridgehead atoms. The molecule has 0 fully saturated rings. The third-order valence-corrected chi connectivity index (χ3v) is 2.30. The van der Waals surface area contributed by atoms with Gasteiger partial charge in [0.25, 0.3) is 0 Å². The molecule has 15 heavy (non-hydrogen) atoms. The van der Waals surface area contributed by atoms with Gasteiger partial charge in [-0.25, -0.2) is 0 Å². The van der Waals surface area contributed by atoms with Crippen LogP contribution in [-0.2, 0) is 0 Å². The largest absolute Gasteiger partial charge is 0.506 e. The van der Waals surface area contributed by atoms with Crippen LogP contribution in [0.5, 0.6) is 5.75 Å². The number of para-hydroxylation sites is 3. The van der Waals surface area contributed by atoms with Crippen LogP contribution in [0.1, 0.15) is 0 Å². The molecule has 0 aliphatic carbocycles. The lowest BCUT2D eigenvalue weighted by Crippen LogP contribution is -2.09. The number of phenolic OH excluding ortho intramolecular Hbond substituents is 1. The highest BCUT2D eigenvalue weighted by atomic mass is 16.3. The Morgan fingerprint density at radius 3 is 2.47 bits per heavy atom. The van der Waals surface area contributed by atoms with Gasteiger partial charge in [-0.3, -0.25) is 0 Å². The third kappa shape index (κ3) is 1.94. The highest BCUT2D eigenvalue weighted by Gasteiger charge is 2.06. The Morgan fingerprint density at radius 2 is 1.80 bits per heavy atom. The minimum atomic E-state index is 0.275. The molecule has 0 saturated carbocycles. The molecule has 0 unspecified atom stereocenters. The van der Waals surface area contributed by atoms with Crippen LogP contribution in [0.15, 0.2) is 48.5 Å². The number of phenols is 1. The van der Waals surface area contributed by atoms with Crippen molar-refractivity contribution in [3.05, 3.63) is 54.6 Å². The second-order valence-electron chi connectivity index (χ2n) is 3.30. The summed E-state index contributed by atoms with van der Waals surface area (Å²) in [7, 11) is 1.90. The maximum atomic E-state index is 9.69. The molecule has 2 aromatic carbocycles. The lowest BCUT2D eigenvalue weighted by molar-refractivity contribution is 0.476. The zero-order valence-electron chi connectivity index (χ0n) is 8.51. The molecule has 0 aliphatic rings. The summed E-state index contributed by atoms with van der Waals surface area (Å²) in [6.07, 6.45) is 0. The number of benzene rings is 2. The molecular weight excluding hydrogens is 186 g/mol. The Hall–Kier alpha value is -1.96. The number of hydrogen-bond donors (Lipinski definition) is 1. The first-order valence-corrected chi connectivity index (χ1v) is 4.77. The van der Waals surface area contributed by atoms with Gasteiger partial charge in [0.1, 0.15) is 5.75 Å². The Balaban J connectivity index is 2.37. The van der Waals surface area contributed by atoms with E-state index in [1.807, 2.05) is 48.3 Å². The van der Waals surface area contributed by atoms with Gasteiger partial charge in [-0.15, -0.1) is 0 Å². The van der Waals surface area contributed by atoms with Gasteiger partial charge in [-0.05, 0) is 18.2 Å². The first kappa shape index (κ1) is 9.59. The monoisotopic (exact) mass is 198 g/mol. The van der Waals surface area contributed by atoms with Crippen molar-refractivity contribution < 1.29 is 5.11 Å². The molecule has 2 rings (SSSR count).